The van der Waals surface area contributed by atoms with Gasteiger partial charge in [0.2, 0.25) is 5.91 Å². The first-order valence-corrected chi connectivity index (χ1v) is 9.86. The van der Waals surface area contributed by atoms with Crippen LogP contribution in [0.15, 0.2) is 35.3 Å². The number of benzene rings is 1. The van der Waals surface area contributed by atoms with Gasteiger partial charge < -0.3 is 16.0 Å². The molecule has 0 spiro atoms. The molecule has 1 amide bonds. The van der Waals surface area contributed by atoms with Crippen molar-refractivity contribution in [3.63, 3.8) is 0 Å². The standard InChI is InChI=1S/C21H35N5O.HI/c1-21(2,14-17-8-6-5-7-9-17)16-24-20(23-4)25-18-10-12-26(13-11-18)15-19(27)22-3;/h5-9,18H,10-16H2,1-4H3,(H,22,27)(H2,23,24,25);1H. The summed E-state index contributed by atoms with van der Waals surface area (Å²) in [5, 5.41) is 9.72. The summed E-state index contributed by atoms with van der Waals surface area (Å²) in [5.74, 6) is 0.945. The lowest BCUT2D eigenvalue weighted by Crippen LogP contribution is -2.51. The van der Waals surface area contributed by atoms with Crippen LogP contribution in [0.2, 0.25) is 0 Å². The van der Waals surface area contributed by atoms with Crippen molar-refractivity contribution in [1.29, 1.82) is 0 Å². The number of nitrogens with zero attached hydrogens (tertiary/aromatic N) is 2. The third kappa shape index (κ3) is 8.77. The molecule has 0 aromatic heterocycles. The van der Waals surface area contributed by atoms with Crippen LogP contribution in [0.4, 0.5) is 0 Å². The smallest absolute Gasteiger partial charge is 0.233 e. The zero-order valence-corrected chi connectivity index (χ0v) is 20.0. The van der Waals surface area contributed by atoms with Gasteiger partial charge in [-0.15, -0.1) is 24.0 Å². The Hall–Kier alpha value is -1.35. The average Bonchev–Trinajstić information content (AvgIpc) is 2.66. The van der Waals surface area contributed by atoms with Gasteiger partial charge in [0.15, 0.2) is 5.96 Å². The van der Waals surface area contributed by atoms with Crippen LogP contribution in [0.5, 0.6) is 0 Å². The molecule has 28 heavy (non-hydrogen) atoms. The number of likely N-dealkylation sites (N-methyl/N-ethyl adjacent to an activating group) is 1. The Balaban J connectivity index is 0.00000392. The fourth-order valence-corrected chi connectivity index (χ4v) is 3.44. The van der Waals surface area contributed by atoms with Crippen molar-refractivity contribution in [3.8, 4) is 0 Å². The Labute approximate surface area is 187 Å². The first-order valence-electron chi connectivity index (χ1n) is 9.86. The van der Waals surface area contributed by atoms with E-state index in [2.05, 4.69) is 70.0 Å². The molecule has 1 aromatic carbocycles. The van der Waals surface area contributed by atoms with Gasteiger partial charge >= 0.3 is 0 Å². The number of halogens is 1. The molecule has 1 saturated heterocycles. The van der Waals surface area contributed by atoms with Gasteiger partial charge in [-0.05, 0) is 30.2 Å². The van der Waals surface area contributed by atoms with Crippen molar-refractivity contribution in [2.75, 3.05) is 40.3 Å². The second kappa shape index (κ2) is 12.3. The van der Waals surface area contributed by atoms with Crippen LogP contribution in [0.3, 0.4) is 0 Å². The van der Waals surface area contributed by atoms with E-state index in [0.717, 1.165) is 44.9 Å². The molecule has 6 nitrogen and oxygen atoms in total. The average molecular weight is 501 g/mol. The minimum absolute atomic E-state index is 0. The van der Waals surface area contributed by atoms with Crippen LogP contribution in [0.1, 0.15) is 32.3 Å². The van der Waals surface area contributed by atoms with Crippen molar-refractivity contribution in [3.05, 3.63) is 35.9 Å². The van der Waals surface area contributed by atoms with Crippen LogP contribution in [-0.4, -0.2) is 63.1 Å². The summed E-state index contributed by atoms with van der Waals surface area (Å²) in [6.45, 7) is 7.76. The molecule has 0 bridgehead atoms. The molecule has 2 rings (SSSR count). The van der Waals surface area contributed by atoms with Crippen molar-refractivity contribution in [2.45, 2.75) is 39.2 Å². The lowest BCUT2D eigenvalue weighted by atomic mass is 9.86. The maximum atomic E-state index is 11.5. The van der Waals surface area contributed by atoms with E-state index in [4.69, 9.17) is 0 Å². The summed E-state index contributed by atoms with van der Waals surface area (Å²) in [4.78, 5) is 18.1. The second-order valence-corrected chi connectivity index (χ2v) is 8.12. The summed E-state index contributed by atoms with van der Waals surface area (Å²) in [6.07, 6.45) is 3.06. The lowest BCUT2D eigenvalue weighted by molar-refractivity contribution is -0.122. The van der Waals surface area contributed by atoms with Crippen molar-refractivity contribution in [2.24, 2.45) is 10.4 Å². The second-order valence-electron chi connectivity index (χ2n) is 8.12. The van der Waals surface area contributed by atoms with E-state index in [1.807, 2.05) is 7.05 Å². The van der Waals surface area contributed by atoms with Gasteiger partial charge in [0.1, 0.15) is 0 Å². The van der Waals surface area contributed by atoms with Gasteiger partial charge in [0.25, 0.3) is 0 Å². The highest BCUT2D eigenvalue weighted by atomic mass is 127. The summed E-state index contributed by atoms with van der Waals surface area (Å²) >= 11 is 0. The van der Waals surface area contributed by atoms with Crippen molar-refractivity contribution < 1.29 is 4.79 Å². The Morgan fingerprint density at radius 2 is 1.86 bits per heavy atom. The Bertz CT molecular complexity index is 612. The first kappa shape index (κ1) is 24.7. The van der Waals surface area contributed by atoms with E-state index in [-0.39, 0.29) is 35.3 Å². The molecule has 1 aliphatic heterocycles. The Morgan fingerprint density at radius 1 is 1.21 bits per heavy atom. The number of carbonyl (C=O) groups excluding carboxylic acids is 1. The number of likely N-dealkylation sites (tertiary alicyclic amines) is 1. The molecule has 1 heterocycles. The molecule has 1 aliphatic rings. The predicted molar refractivity (Wildman–Crippen MR) is 127 cm³/mol. The summed E-state index contributed by atoms with van der Waals surface area (Å²) in [6, 6.07) is 11.0. The number of nitrogens with one attached hydrogen (secondary N) is 3. The number of guanidine groups is 1. The van der Waals surface area contributed by atoms with Gasteiger partial charge in [-0.25, -0.2) is 0 Å². The Kier molecular flexibility index (Phi) is 10.8. The van der Waals surface area contributed by atoms with Crippen LogP contribution >= 0.6 is 24.0 Å². The van der Waals surface area contributed by atoms with Crippen molar-refractivity contribution in [1.82, 2.24) is 20.9 Å². The number of piperidine rings is 1. The fraction of sp³-hybridized carbons (Fsp3) is 0.619. The molecule has 0 atom stereocenters. The zero-order valence-electron chi connectivity index (χ0n) is 17.6. The van der Waals surface area contributed by atoms with E-state index in [1.54, 1.807) is 7.05 Å². The topological polar surface area (TPSA) is 68.8 Å². The highest BCUT2D eigenvalue weighted by Crippen LogP contribution is 2.20. The molecule has 1 aromatic rings. The lowest BCUT2D eigenvalue weighted by Gasteiger charge is -2.33. The molecular weight excluding hydrogens is 465 g/mol. The monoisotopic (exact) mass is 501 g/mol. The van der Waals surface area contributed by atoms with Gasteiger partial charge in [-0.1, -0.05) is 44.2 Å². The van der Waals surface area contributed by atoms with E-state index >= 15 is 0 Å². The molecule has 0 radical (unpaired) electrons. The minimum atomic E-state index is 0. The maximum absolute atomic E-state index is 11.5. The number of carbonyl (C=O) groups is 1. The minimum Gasteiger partial charge on any atom is -0.358 e. The molecule has 0 aliphatic carbocycles. The fourth-order valence-electron chi connectivity index (χ4n) is 3.44. The zero-order chi connectivity index (χ0) is 19.7. The number of hydrogen-bond acceptors (Lipinski definition) is 3. The highest BCUT2D eigenvalue weighted by molar-refractivity contribution is 14.0. The molecule has 0 saturated carbocycles. The largest absolute Gasteiger partial charge is 0.358 e. The van der Waals surface area contributed by atoms with E-state index < -0.39 is 0 Å². The van der Waals surface area contributed by atoms with E-state index in [0.29, 0.717) is 12.6 Å². The summed E-state index contributed by atoms with van der Waals surface area (Å²) in [7, 11) is 3.51. The third-order valence-electron chi connectivity index (χ3n) is 5.06. The SMILES string of the molecule is CN=C(NCC(C)(C)Cc1ccccc1)NC1CCN(CC(=O)NC)CC1.I. The van der Waals surface area contributed by atoms with Crippen LogP contribution in [0.25, 0.3) is 0 Å². The molecule has 158 valence electrons. The van der Waals surface area contributed by atoms with Gasteiger partial charge in [0, 0.05) is 39.8 Å². The number of rotatable bonds is 7. The number of aliphatic imine (C=N–C) groups is 1. The van der Waals surface area contributed by atoms with E-state index in [1.165, 1.54) is 5.56 Å². The van der Waals surface area contributed by atoms with Crippen LogP contribution < -0.4 is 16.0 Å². The molecule has 7 heteroatoms. The van der Waals surface area contributed by atoms with Crippen LogP contribution in [-0.2, 0) is 11.2 Å². The highest BCUT2D eigenvalue weighted by Gasteiger charge is 2.23. The van der Waals surface area contributed by atoms with E-state index in [9.17, 15) is 4.79 Å². The summed E-state index contributed by atoms with van der Waals surface area (Å²) < 4.78 is 0. The molecule has 1 fully saturated rings. The normalized spacial score (nSPS) is 16.2. The van der Waals surface area contributed by atoms with Gasteiger partial charge in [-0.3, -0.25) is 14.7 Å². The van der Waals surface area contributed by atoms with Crippen molar-refractivity contribution >= 4 is 35.8 Å². The quantitative estimate of drug-likeness (QED) is 0.305. The number of amides is 1. The van der Waals surface area contributed by atoms with Gasteiger partial charge in [-0.2, -0.15) is 0 Å². The van der Waals surface area contributed by atoms with Crippen LogP contribution in [0, 0.1) is 5.41 Å². The Morgan fingerprint density at radius 3 is 2.43 bits per heavy atom. The maximum Gasteiger partial charge on any atom is 0.233 e. The first-order chi connectivity index (χ1) is 12.9. The number of hydrogen-bond donors (Lipinski definition) is 3. The van der Waals surface area contributed by atoms with Gasteiger partial charge in [0.05, 0.1) is 6.54 Å². The molecule has 3 N–H and O–H groups in total. The predicted octanol–water partition coefficient (Wildman–Crippen LogP) is 2.25. The third-order valence-corrected chi connectivity index (χ3v) is 5.06. The molecular formula is C21H36IN5O. The summed E-state index contributed by atoms with van der Waals surface area (Å²) in [5.41, 5.74) is 1.49. The molecule has 0 unspecified atom stereocenters.